The standard InChI is InChI=1S/C18H23NO3/c1-3-21-17-10-14-8-12(2)22-16(14)11-15(17)19-18(20)9-13-6-4-5-7-13/h4,6,10-13H,3,5,7-9H2,1-2H3,(H,19,20)/t12-,13+/m1/s1. The van der Waals surface area contributed by atoms with Crippen molar-refractivity contribution in [2.45, 2.75) is 45.6 Å². The fraction of sp³-hybridized carbons (Fsp3) is 0.500. The number of hydrogen-bond donors (Lipinski definition) is 1. The molecule has 2 aliphatic rings. The molecule has 0 spiro atoms. The average molecular weight is 301 g/mol. The highest BCUT2D eigenvalue weighted by Gasteiger charge is 2.23. The second-order valence-corrected chi connectivity index (χ2v) is 6.04. The van der Waals surface area contributed by atoms with E-state index in [0.717, 1.165) is 36.3 Å². The number of allylic oxidation sites excluding steroid dienone is 2. The summed E-state index contributed by atoms with van der Waals surface area (Å²) >= 11 is 0. The second-order valence-electron chi connectivity index (χ2n) is 6.04. The molecule has 1 N–H and O–H groups in total. The van der Waals surface area contributed by atoms with Crippen LogP contribution in [0.1, 0.15) is 38.7 Å². The van der Waals surface area contributed by atoms with Crippen LogP contribution in [0.15, 0.2) is 24.3 Å². The van der Waals surface area contributed by atoms with Crippen molar-refractivity contribution in [1.29, 1.82) is 0 Å². The van der Waals surface area contributed by atoms with Crippen LogP contribution in [-0.2, 0) is 11.2 Å². The normalized spacial score (nSPS) is 22.3. The third kappa shape index (κ3) is 3.26. The highest BCUT2D eigenvalue weighted by atomic mass is 16.5. The fourth-order valence-corrected chi connectivity index (χ4v) is 3.12. The Hall–Kier alpha value is -1.97. The van der Waals surface area contributed by atoms with Gasteiger partial charge in [0.15, 0.2) is 0 Å². The first kappa shape index (κ1) is 14.9. The molecule has 4 heteroatoms. The number of fused-ring (bicyclic) bond motifs is 1. The van der Waals surface area contributed by atoms with Crippen LogP contribution < -0.4 is 14.8 Å². The Bertz CT molecular complexity index is 594. The largest absolute Gasteiger partial charge is 0.492 e. The molecule has 4 nitrogen and oxygen atoms in total. The lowest BCUT2D eigenvalue weighted by molar-refractivity contribution is -0.116. The topological polar surface area (TPSA) is 47.6 Å². The zero-order valence-electron chi connectivity index (χ0n) is 13.2. The summed E-state index contributed by atoms with van der Waals surface area (Å²) in [6.45, 7) is 4.57. The molecule has 0 bridgehead atoms. The summed E-state index contributed by atoms with van der Waals surface area (Å²) in [4.78, 5) is 12.2. The van der Waals surface area contributed by atoms with Crippen LogP contribution >= 0.6 is 0 Å². The van der Waals surface area contributed by atoms with Crippen molar-refractivity contribution in [1.82, 2.24) is 0 Å². The molecule has 3 rings (SSSR count). The molecule has 1 aromatic carbocycles. The van der Waals surface area contributed by atoms with Gasteiger partial charge in [0.05, 0.1) is 12.3 Å². The number of ether oxygens (including phenoxy) is 2. The summed E-state index contributed by atoms with van der Waals surface area (Å²) in [6.07, 6.45) is 8.01. The van der Waals surface area contributed by atoms with Crippen LogP contribution in [0.25, 0.3) is 0 Å². The molecule has 0 aromatic heterocycles. The summed E-state index contributed by atoms with van der Waals surface area (Å²) in [5.74, 6) is 1.98. The minimum absolute atomic E-state index is 0.0310. The number of amides is 1. The smallest absolute Gasteiger partial charge is 0.225 e. The second kappa shape index (κ2) is 6.42. The molecule has 1 heterocycles. The maximum Gasteiger partial charge on any atom is 0.225 e. The van der Waals surface area contributed by atoms with Gasteiger partial charge in [0, 0.05) is 24.5 Å². The van der Waals surface area contributed by atoms with E-state index in [0.29, 0.717) is 24.6 Å². The molecular formula is C18H23NO3. The Labute approximate surface area is 131 Å². The molecular weight excluding hydrogens is 278 g/mol. The summed E-state index contributed by atoms with van der Waals surface area (Å²) in [5, 5.41) is 2.99. The van der Waals surface area contributed by atoms with Gasteiger partial charge in [0.1, 0.15) is 17.6 Å². The van der Waals surface area contributed by atoms with Crippen LogP contribution in [0.3, 0.4) is 0 Å². The lowest BCUT2D eigenvalue weighted by atomic mass is 10.0. The van der Waals surface area contributed by atoms with Crippen molar-refractivity contribution in [3.8, 4) is 11.5 Å². The van der Waals surface area contributed by atoms with Crippen LogP contribution in [0.5, 0.6) is 11.5 Å². The summed E-state index contributed by atoms with van der Waals surface area (Å²) in [6, 6.07) is 3.89. The first-order valence-electron chi connectivity index (χ1n) is 8.08. The van der Waals surface area contributed by atoms with Crippen molar-refractivity contribution in [3.63, 3.8) is 0 Å². The highest BCUT2D eigenvalue weighted by Crippen LogP contribution is 2.38. The van der Waals surface area contributed by atoms with E-state index in [9.17, 15) is 4.79 Å². The predicted molar refractivity (Wildman–Crippen MR) is 86.5 cm³/mol. The summed E-state index contributed by atoms with van der Waals surface area (Å²) in [7, 11) is 0. The zero-order valence-corrected chi connectivity index (χ0v) is 13.2. The van der Waals surface area contributed by atoms with Crippen molar-refractivity contribution in [2.24, 2.45) is 5.92 Å². The monoisotopic (exact) mass is 301 g/mol. The molecule has 0 fully saturated rings. The summed E-state index contributed by atoms with van der Waals surface area (Å²) in [5.41, 5.74) is 1.86. The number of anilines is 1. The van der Waals surface area contributed by atoms with Crippen molar-refractivity contribution >= 4 is 11.6 Å². The van der Waals surface area contributed by atoms with Crippen molar-refractivity contribution in [2.75, 3.05) is 11.9 Å². The van der Waals surface area contributed by atoms with E-state index in [4.69, 9.17) is 9.47 Å². The Morgan fingerprint density at radius 2 is 2.32 bits per heavy atom. The molecule has 118 valence electrons. The predicted octanol–water partition coefficient (Wildman–Crippen LogP) is 3.70. The minimum atomic E-state index is 0.0310. The van der Waals surface area contributed by atoms with E-state index in [1.165, 1.54) is 0 Å². The summed E-state index contributed by atoms with van der Waals surface area (Å²) < 4.78 is 11.5. The van der Waals surface area contributed by atoms with Gasteiger partial charge in [-0.25, -0.2) is 0 Å². The van der Waals surface area contributed by atoms with E-state index in [1.54, 1.807) is 0 Å². The maximum absolute atomic E-state index is 12.2. The molecule has 1 aliphatic heterocycles. The molecule has 2 atom stereocenters. The minimum Gasteiger partial charge on any atom is -0.492 e. The Morgan fingerprint density at radius 3 is 3.05 bits per heavy atom. The molecule has 1 aliphatic carbocycles. The fourth-order valence-electron chi connectivity index (χ4n) is 3.12. The van der Waals surface area contributed by atoms with Gasteiger partial charge in [-0.1, -0.05) is 12.2 Å². The van der Waals surface area contributed by atoms with E-state index in [1.807, 2.05) is 26.0 Å². The van der Waals surface area contributed by atoms with E-state index < -0.39 is 0 Å². The van der Waals surface area contributed by atoms with Gasteiger partial charge in [0.25, 0.3) is 0 Å². The highest BCUT2D eigenvalue weighted by molar-refractivity contribution is 5.93. The third-order valence-corrected chi connectivity index (χ3v) is 4.13. The number of rotatable bonds is 5. The molecule has 0 radical (unpaired) electrons. The Balaban J connectivity index is 1.75. The van der Waals surface area contributed by atoms with Crippen LogP contribution in [0, 0.1) is 5.92 Å². The molecule has 1 amide bonds. The molecule has 0 unspecified atom stereocenters. The van der Waals surface area contributed by atoms with Crippen LogP contribution in [0.4, 0.5) is 5.69 Å². The van der Waals surface area contributed by atoms with Gasteiger partial charge in [-0.2, -0.15) is 0 Å². The van der Waals surface area contributed by atoms with Gasteiger partial charge < -0.3 is 14.8 Å². The van der Waals surface area contributed by atoms with Gasteiger partial charge in [0.2, 0.25) is 5.91 Å². The van der Waals surface area contributed by atoms with E-state index in [-0.39, 0.29) is 12.0 Å². The molecule has 0 saturated carbocycles. The first-order valence-corrected chi connectivity index (χ1v) is 8.08. The number of hydrogen-bond acceptors (Lipinski definition) is 3. The lowest BCUT2D eigenvalue weighted by Crippen LogP contribution is -2.15. The molecule has 1 aromatic rings. The van der Waals surface area contributed by atoms with Gasteiger partial charge >= 0.3 is 0 Å². The van der Waals surface area contributed by atoms with Gasteiger partial charge in [-0.15, -0.1) is 0 Å². The number of carbonyl (C=O) groups is 1. The zero-order chi connectivity index (χ0) is 15.5. The molecule has 22 heavy (non-hydrogen) atoms. The molecule has 0 saturated heterocycles. The lowest BCUT2D eigenvalue weighted by Gasteiger charge is -2.14. The SMILES string of the molecule is CCOc1cc2c(cc1NC(=O)C[C@H]1C=CCC1)O[C@H](C)C2. The third-order valence-electron chi connectivity index (χ3n) is 4.13. The maximum atomic E-state index is 12.2. The van der Waals surface area contributed by atoms with Crippen LogP contribution in [-0.4, -0.2) is 18.6 Å². The Kier molecular flexibility index (Phi) is 4.36. The van der Waals surface area contributed by atoms with Crippen LogP contribution in [0.2, 0.25) is 0 Å². The quantitative estimate of drug-likeness (QED) is 0.844. The van der Waals surface area contributed by atoms with E-state index in [2.05, 4.69) is 17.5 Å². The van der Waals surface area contributed by atoms with Crippen molar-refractivity contribution < 1.29 is 14.3 Å². The Morgan fingerprint density at radius 1 is 1.45 bits per heavy atom. The van der Waals surface area contributed by atoms with Gasteiger partial charge in [-0.05, 0) is 38.7 Å². The van der Waals surface area contributed by atoms with E-state index >= 15 is 0 Å². The number of carbonyl (C=O) groups excluding carboxylic acids is 1. The van der Waals surface area contributed by atoms with Gasteiger partial charge in [-0.3, -0.25) is 4.79 Å². The first-order chi connectivity index (χ1) is 10.7. The number of nitrogens with one attached hydrogen (secondary N) is 1. The average Bonchev–Trinajstić information content (AvgIpc) is 3.07. The number of benzene rings is 1. The van der Waals surface area contributed by atoms with Crippen molar-refractivity contribution in [3.05, 3.63) is 29.8 Å².